The van der Waals surface area contributed by atoms with Crippen LogP contribution in [-0.2, 0) is 38.7 Å². The summed E-state index contributed by atoms with van der Waals surface area (Å²) in [5, 5.41) is 7.59. The number of hydrogen-bond acceptors (Lipinski definition) is 3. The molecule has 3 aromatic heterocycles. The van der Waals surface area contributed by atoms with Gasteiger partial charge in [0.25, 0.3) is 0 Å². The summed E-state index contributed by atoms with van der Waals surface area (Å²) < 4.78 is 11.0. The average molecular weight is 861 g/mol. The van der Waals surface area contributed by atoms with Crippen molar-refractivity contribution in [2.45, 2.75) is 59.8 Å². The quantitative estimate of drug-likeness (QED) is 0.107. The molecule has 294 valence electrons. The van der Waals surface area contributed by atoms with Crippen molar-refractivity contribution < 1.29 is 25.2 Å². The Kier molecular flexibility index (Phi) is 11.0. The van der Waals surface area contributed by atoms with Gasteiger partial charge in [0.1, 0.15) is 5.82 Å². The van der Waals surface area contributed by atoms with E-state index in [1.165, 1.54) is 38.9 Å². The van der Waals surface area contributed by atoms with Crippen LogP contribution < -0.4 is 4.74 Å². The summed E-state index contributed by atoms with van der Waals surface area (Å²) in [5.74, 6) is 2.06. The van der Waals surface area contributed by atoms with E-state index in [0.29, 0.717) is 11.5 Å². The van der Waals surface area contributed by atoms with Crippen molar-refractivity contribution in [3.05, 3.63) is 180 Å². The molecule has 0 aliphatic heterocycles. The molecule has 0 bridgehead atoms. The van der Waals surface area contributed by atoms with Crippen LogP contribution in [0.1, 0.15) is 57.1 Å². The minimum absolute atomic E-state index is 0. The first-order valence-corrected chi connectivity index (χ1v) is 20.2. The molecule has 9 aromatic rings. The number of rotatable bonds is 9. The first-order chi connectivity index (χ1) is 28.2. The summed E-state index contributed by atoms with van der Waals surface area (Å²) in [6.45, 7) is 13.2. The Labute approximate surface area is 361 Å². The van der Waals surface area contributed by atoms with E-state index in [1.807, 2.05) is 18.3 Å². The van der Waals surface area contributed by atoms with Gasteiger partial charge in [0.05, 0.1) is 5.69 Å². The van der Waals surface area contributed by atoms with Gasteiger partial charge in [-0.2, -0.15) is 16.7 Å². The van der Waals surface area contributed by atoms with Crippen LogP contribution >= 0.6 is 0 Å². The Morgan fingerprint density at radius 1 is 0.644 bits per heavy atom. The molecule has 0 fully saturated rings. The fourth-order valence-corrected chi connectivity index (χ4v) is 8.23. The van der Waals surface area contributed by atoms with Crippen LogP contribution in [0.2, 0.25) is 0 Å². The molecule has 5 nitrogen and oxygen atoms in total. The summed E-state index contributed by atoms with van der Waals surface area (Å²) in [4.78, 5) is 4.85. The fraction of sp³-hybridized carbons (Fsp3) is 0.170. The van der Waals surface area contributed by atoms with Gasteiger partial charge in [-0.3, -0.25) is 4.68 Å². The van der Waals surface area contributed by atoms with Gasteiger partial charge in [-0.05, 0) is 75.3 Å². The predicted octanol–water partition coefficient (Wildman–Crippen LogP) is 13.5. The van der Waals surface area contributed by atoms with Crippen LogP contribution in [0.15, 0.2) is 146 Å². The summed E-state index contributed by atoms with van der Waals surface area (Å²) in [5.41, 5.74) is 14.4. The third-order valence-corrected chi connectivity index (χ3v) is 11.0. The molecule has 3 heterocycles. The number of fused-ring (bicyclic) bond motifs is 3. The molecule has 0 aliphatic carbocycles. The van der Waals surface area contributed by atoms with Crippen molar-refractivity contribution in [1.29, 1.82) is 0 Å². The zero-order chi connectivity index (χ0) is 40.0. The molecule has 9 rings (SSSR count). The molecule has 0 amide bonds. The number of ether oxygens (including phenoxy) is 1. The Bertz CT molecular complexity index is 2880. The van der Waals surface area contributed by atoms with Crippen LogP contribution in [0.5, 0.6) is 11.5 Å². The summed E-state index contributed by atoms with van der Waals surface area (Å²) in [6, 6.07) is 56.3. The molecular weight excluding hydrogens is 815 g/mol. The van der Waals surface area contributed by atoms with Crippen LogP contribution in [-0.4, -0.2) is 19.3 Å². The number of nitrogens with zero attached hydrogens (tertiary/aromatic N) is 4. The van der Waals surface area contributed by atoms with Gasteiger partial charge in [-0.1, -0.05) is 144 Å². The average Bonchev–Trinajstić information content (AvgIpc) is 3.79. The first kappa shape index (κ1) is 39.8. The van der Waals surface area contributed by atoms with Crippen molar-refractivity contribution in [3.8, 4) is 56.4 Å². The summed E-state index contributed by atoms with van der Waals surface area (Å²) >= 11 is 0. The standard InChI is InChI=1S/C53H46N4O.Pd/c1-7-46-52(51-42(36-18-11-9-12-19-36)23-17-24-43(51)37-20-13-10-14-21-37)47(8-2)57(55-46)39-30-35(3)31-41(33-39)58-40-26-27-45-44-22-15-16-25-48(44)56(49(45)34-40)50-32-38(28-29-54-50)53(4,5)6;/h9-32H,7-8H2,1-6H3;/q-2;+2. The molecule has 0 saturated heterocycles. The molecule has 0 radical (unpaired) electrons. The van der Waals surface area contributed by atoms with Gasteiger partial charge in [0.15, 0.2) is 0 Å². The topological polar surface area (TPSA) is 44.9 Å². The molecule has 0 atom stereocenters. The van der Waals surface area contributed by atoms with E-state index >= 15 is 0 Å². The smallest absolute Gasteiger partial charge is 0.509 e. The van der Waals surface area contributed by atoms with Gasteiger partial charge in [-0.25, -0.2) is 4.98 Å². The molecule has 0 aliphatic rings. The Hall–Kier alpha value is -6.06. The number of hydrogen-bond donors (Lipinski definition) is 0. The molecule has 6 aromatic carbocycles. The Balaban J connectivity index is 0.00000484. The minimum atomic E-state index is -0.0204. The van der Waals surface area contributed by atoms with Crippen LogP contribution in [0.25, 0.3) is 66.7 Å². The summed E-state index contributed by atoms with van der Waals surface area (Å²) in [7, 11) is 0. The third-order valence-electron chi connectivity index (χ3n) is 11.0. The Morgan fingerprint density at radius 2 is 1.32 bits per heavy atom. The van der Waals surface area contributed by atoms with E-state index in [9.17, 15) is 0 Å². The van der Waals surface area contributed by atoms with E-state index in [-0.39, 0.29) is 25.8 Å². The second-order valence-electron chi connectivity index (χ2n) is 15.9. The third kappa shape index (κ3) is 7.44. The second-order valence-corrected chi connectivity index (χ2v) is 15.9. The van der Waals surface area contributed by atoms with Crippen LogP contribution in [0.4, 0.5) is 0 Å². The first-order valence-electron chi connectivity index (χ1n) is 20.2. The van der Waals surface area contributed by atoms with Crippen molar-refractivity contribution in [2.75, 3.05) is 0 Å². The molecular formula is C53H46N4OPd. The zero-order valence-electron chi connectivity index (χ0n) is 34.3. The number of benzene rings is 6. The molecule has 0 saturated carbocycles. The Morgan fingerprint density at radius 3 is 1.98 bits per heavy atom. The number of pyridine rings is 1. The number of para-hydroxylation sites is 1. The van der Waals surface area contributed by atoms with E-state index in [0.717, 1.165) is 63.1 Å². The van der Waals surface area contributed by atoms with Gasteiger partial charge < -0.3 is 9.30 Å². The normalized spacial score (nSPS) is 11.6. The van der Waals surface area contributed by atoms with Crippen molar-refractivity contribution in [2.24, 2.45) is 0 Å². The van der Waals surface area contributed by atoms with Gasteiger partial charge in [0, 0.05) is 40.0 Å². The van der Waals surface area contributed by atoms with Gasteiger partial charge in [0.2, 0.25) is 0 Å². The van der Waals surface area contributed by atoms with Crippen molar-refractivity contribution >= 4 is 21.8 Å². The number of aromatic nitrogens is 4. The fourth-order valence-electron chi connectivity index (χ4n) is 8.23. The van der Waals surface area contributed by atoms with Crippen molar-refractivity contribution in [1.82, 2.24) is 19.3 Å². The van der Waals surface area contributed by atoms with Gasteiger partial charge in [-0.15, -0.1) is 35.7 Å². The van der Waals surface area contributed by atoms with E-state index < -0.39 is 0 Å². The monoisotopic (exact) mass is 860 g/mol. The molecule has 59 heavy (non-hydrogen) atoms. The summed E-state index contributed by atoms with van der Waals surface area (Å²) in [6.07, 6.45) is 3.45. The van der Waals surface area contributed by atoms with Crippen molar-refractivity contribution in [3.63, 3.8) is 0 Å². The number of aryl methyl sites for hydroxylation is 2. The zero-order valence-corrected chi connectivity index (χ0v) is 35.8. The van der Waals surface area contributed by atoms with Gasteiger partial charge >= 0.3 is 20.4 Å². The van der Waals surface area contributed by atoms with E-state index in [4.69, 9.17) is 14.8 Å². The van der Waals surface area contributed by atoms with Crippen LogP contribution in [0.3, 0.4) is 0 Å². The second kappa shape index (κ2) is 16.3. The maximum absolute atomic E-state index is 6.68. The van der Waals surface area contributed by atoms with E-state index in [1.54, 1.807) is 0 Å². The predicted molar refractivity (Wildman–Crippen MR) is 238 cm³/mol. The maximum atomic E-state index is 6.68. The maximum Gasteiger partial charge on any atom is 2.00 e. The largest absolute Gasteiger partial charge is 2.00 e. The SMILES string of the molecule is CCc1nn(-c2[c-]c(Oc3[c-]c4c(cc3)c3ccccc3n4-c3cc(C(C)(C)C)ccn3)cc(C)c2)c(CC)c1-c1c(-c2ccccc2)cccc1-c1ccccc1.[Pd+2]. The minimum Gasteiger partial charge on any atom is -0.509 e. The van der Waals surface area contributed by atoms with Crippen LogP contribution in [0, 0.1) is 19.1 Å². The van der Waals surface area contributed by atoms with E-state index in [2.05, 4.69) is 190 Å². The molecule has 0 spiro atoms. The molecule has 0 unspecified atom stereocenters. The molecule has 6 heteroatoms. The molecule has 0 N–H and O–H groups in total.